The van der Waals surface area contributed by atoms with E-state index in [1.165, 1.54) is 16.7 Å². The third kappa shape index (κ3) is 2.53. The van der Waals surface area contributed by atoms with Crippen molar-refractivity contribution in [1.82, 2.24) is 4.90 Å². The number of fused-ring (bicyclic) bond motifs is 1. The molecule has 2 heterocycles. The Labute approximate surface area is 135 Å². The van der Waals surface area contributed by atoms with Gasteiger partial charge in [0.05, 0.1) is 0 Å². The number of carboxylic acid groups (broad SMARTS) is 1. The van der Waals surface area contributed by atoms with Crippen LogP contribution in [-0.2, 0) is 9.59 Å². The number of benzene rings is 1. The topological polar surface area (TPSA) is 93.4 Å². The molecule has 2 aliphatic rings. The Kier molecular flexibility index (Phi) is 4.00. The number of aliphatic carboxylic acids is 1. The number of nitrogens with zero attached hydrogens (tertiary/aromatic N) is 2. The summed E-state index contributed by atoms with van der Waals surface area (Å²) in [5, 5.41) is 19.8. The van der Waals surface area contributed by atoms with Crippen LogP contribution in [0.25, 0.3) is 0 Å². The summed E-state index contributed by atoms with van der Waals surface area (Å²) in [5.74, 6) is -0.637. The van der Waals surface area contributed by atoms with E-state index in [1.54, 1.807) is 30.0 Å². The van der Waals surface area contributed by atoms with Gasteiger partial charge in [0.2, 0.25) is 5.91 Å². The molecular formula is C14H11N3O3S2. The zero-order valence-electron chi connectivity index (χ0n) is 11.2. The van der Waals surface area contributed by atoms with Crippen molar-refractivity contribution in [3.63, 3.8) is 0 Å². The fourth-order valence-electron chi connectivity index (χ4n) is 2.31. The lowest BCUT2D eigenvalue weighted by molar-refractivity contribution is -0.145. The summed E-state index contributed by atoms with van der Waals surface area (Å²) < 4.78 is 0. The second-order valence-electron chi connectivity index (χ2n) is 4.63. The first-order valence-electron chi connectivity index (χ1n) is 6.42. The fourth-order valence-corrected chi connectivity index (χ4v) is 4.86. The molecule has 1 amide bonds. The van der Waals surface area contributed by atoms with Crippen LogP contribution < -0.4 is 5.32 Å². The highest BCUT2D eigenvalue weighted by molar-refractivity contribution is 8.04. The van der Waals surface area contributed by atoms with E-state index in [4.69, 9.17) is 10.4 Å². The Morgan fingerprint density at radius 3 is 2.82 bits per heavy atom. The maximum Gasteiger partial charge on any atom is 0.352 e. The van der Waals surface area contributed by atoms with Crippen molar-refractivity contribution >= 4 is 41.1 Å². The number of carboxylic acids is 1. The Hall–Kier alpha value is -2.11. The molecular weight excluding hydrogens is 322 g/mol. The third-order valence-electron chi connectivity index (χ3n) is 3.33. The zero-order valence-corrected chi connectivity index (χ0v) is 12.9. The Bertz CT molecular complexity index is 696. The molecule has 1 saturated heterocycles. The Morgan fingerprint density at radius 1 is 1.45 bits per heavy atom. The molecule has 1 fully saturated rings. The van der Waals surface area contributed by atoms with Crippen molar-refractivity contribution in [1.29, 1.82) is 5.26 Å². The van der Waals surface area contributed by atoms with E-state index in [1.807, 2.05) is 18.3 Å². The van der Waals surface area contributed by atoms with Gasteiger partial charge >= 0.3 is 5.97 Å². The summed E-state index contributed by atoms with van der Waals surface area (Å²) in [7, 11) is 0. The van der Waals surface area contributed by atoms with Crippen molar-refractivity contribution in [3.8, 4) is 6.19 Å². The molecule has 0 aromatic heterocycles. The predicted octanol–water partition coefficient (Wildman–Crippen LogP) is 1.92. The van der Waals surface area contributed by atoms with Crippen LogP contribution in [0.3, 0.4) is 0 Å². The van der Waals surface area contributed by atoms with Gasteiger partial charge in [-0.25, -0.2) is 4.79 Å². The Balaban J connectivity index is 1.70. The highest BCUT2D eigenvalue weighted by Crippen LogP contribution is 2.45. The molecule has 112 valence electrons. The van der Waals surface area contributed by atoms with Crippen LogP contribution in [0.4, 0.5) is 5.69 Å². The summed E-state index contributed by atoms with van der Waals surface area (Å²) in [6, 6.07) is 7.20. The number of β-lactam (4-membered cyclic amide) rings is 1. The number of nitriles is 1. The van der Waals surface area contributed by atoms with E-state index in [2.05, 4.69) is 5.32 Å². The molecule has 0 saturated carbocycles. The molecule has 3 rings (SSSR count). The molecule has 2 N–H and O–H groups in total. The third-order valence-corrected chi connectivity index (χ3v) is 5.95. The molecule has 2 aliphatic heterocycles. The minimum atomic E-state index is -1.06. The van der Waals surface area contributed by atoms with Gasteiger partial charge in [0.15, 0.2) is 6.19 Å². The van der Waals surface area contributed by atoms with Crippen LogP contribution in [0.5, 0.6) is 0 Å². The van der Waals surface area contributed by atoms with E-state index in [0.29, 0.717) is 11.4 Å². The molecule has 0 aliphatic carbocycles. The summed E-state index contributed by atoms with van der Waals surface area (Å²) in [6.45, 7) is 0. The lowest BCUT2D eigenvalue weighted by Gasteiger charge is -2.47. The van der Waals surface area contributed by atoms with Crippen molar-refractivity contribution in [2.75, 3.05) is 11.1 Å². The maximum absolute atomic E-state index is 12.2. The number of rotatable bonds is 4. The van der Waals surface area contributed by atoms with E-state index < -0.39 is 5.97 Å². The van der Waals surface area contributed by atoms with Crippen molar-refractivity contribution in [2.45, 2.75) is 15.5 Å². The molecule has 6 nitrogen and oxygen atoms in total. The average molecular weight is 333 g/mol. The van der Waals surface area contributed by atoms with Crippen molar-refractivity contribution in [2.24, 2.45) is 0 Å². The normalized spacial score (nSPS) is 23.0. The molecule has 0 spiro atoms. The van der Waals surface area contributed by atoms with E-state index >= 15 is 0 Å². The number of nitrogens with one attached hydrogen (secondary N) is 1. The number of carbonyl (C=O) groups excluding carboxylic acids is 1. The molecule has 1 unspecified atom stereocenters. The zero-order chi connectivity index (χ0) is 15.7. The second-order valence-corrected chi connectivity index (χ2v) is 6.99. The minimum absolute atomic E-state index is 0.0826. The highest BCUT2D eigenvalue weighted by Gasteiger charge is 2.52. The minimum Gasteiger partial charge on any atom is -0.477 e. The molecule has 0 radical (unpaired) electrons. The molecule has 2 atom stereocenters. The molecule has 1 aromatic carbocycles. The van der Waals surface area contributed by atoms with E-state index in [-0.39, 0.29) is 22.2 Å². The number of carbonyl (C=O) groups is 2. The predicted molar refractivity (Wildman–Crippen MR) is 84.1 cm³/mol. The smallest absolute Gasteiger partial charge is 0.352 e. The van der Waals surface area contributed by atoms with Crippen LogP contribution in [0.2, 0.25) is 0 Å². The summed E-state index contributed by atoms with van der Waals surface area (Å²) in [6.07, 6.45) is 3.42. The highest BCUT2D eigenvalue weighted by atomic mass is 32.2. The quantitative estimate of drug-likeness (QED) is 0.494. The standard InChI is InChI=1S/C14H11N3O3S2/c15-7-16-8-1-3-9(4-2-8)22-11-12(18)17-10(14(19)20)5-6-21-13(11)17/h1-5,11,13,16H,6H2,(H,19,20)/t11?,13-/m0/s1. The Morgan fingerprint density at radius 2 is 2.18 bits per heavy atom. The average Bonchev–Trinajstić information content (AvgIpc) is 2.53. The lowest BCUT2D eigenvalue weighted by Crippen LogP contribution is -2.62. The number of amides is 1. The molecule has 22 heavy (non-hydrogen) atoms. The summed E-state index contributed by atoms with van der Waals surface area (Å²) >= 11 is 2.99. The van der Waals surface area contributed by atoms with E-state index in [9.17, 15) is 9.59 Å². The lowest BCUT2D eigenvalue weighted by atomic mass is 10.1. The van der Waals surface area contributed by atoms with Gasteiger partial charge in [0, 0.05) is 16.3 Å². The van der Waals surface area contributed by atoms with Crippen LogP contribution >= 0.6 is 23.5 Å². The van der Waals surface area contributed by atoms with Gasteiger partial charge in [-0.2, -0.15) is 5.26 Å². The van der Waals surface area contributed by atoms with Crippen molar-refractivity contribution in [3.05, 3.63) is 36.0 Å². The summed E-state index contributed by atoms with van der Waals surface area (Å²) in [5.41, 5.74) is 0.774. The number of anilines is 1. The number of thioether (sulfide) groups is 2. The largest absolute Gasteiger partial charge is 0.477 e. The monoisotopic (exact) mass is 333 g/mol. The van der Waals surface area contributed by atoms with Crippen LogP contribution in [-0.4, -0.2) is 38.3 Å². The first-order valence-corrected chi connectivity index (χ1v) is 8.34. The van der Waals surface area contributed by atoms with Gasteiger partial charge in [-0.15, -0.1) is 23.5 Å². The molecule has 8 heteroatoms. The first-order chi connectivity index (χ1) is 10.6. The van der Waals surface area contributed by atoms with Gasteiger partial charge in [-0.05, 0) is 30.3 Å². The maximum atomic E-state index is 12.2. The first kappa shape index (κ1) is 14.8. The van der Waals surface area contributed by atoms with Gasteiger partial charge in [-0.3, -0.25) is 15.0 Å². The van der Waals surface area contributed by atoms with Crippen LogP contribution in [0.1, 0.15) is 0 Å². The number of hydrogen-bond donors (Lipinski definition) is 2. The van der Waals surface area contributed by atoms with Crippen molar-refractivity contribution < 1.29 is 14.7 Å². The van der Waals surface area contributed by atoms with Crippen LogP contribution in [0, 0.1) is 11.5 Å². The van der Waals surface area contributed by atoms with Gasteiger partial charge < -0.3 is 5.11 Å². The molecule has 1 aromatic rings. The fraction of sp³-hybridized carbons (Fsp3) is 0.214. The van der Waals surface area contributed by atoms with Crippen LogP contribution in [0.15, 0.2) is 40.9 Å². The van der Waals surface area contributed by atoms with Gasteiger partial charge in [-0.1, -0.05) is 0 Å². The van der Waals surface area contributed by atoms with Gasteiger partial charge in [0.25, 0.3) is 0 Å². The second kappa shape index (κ2) is 5.94. The molecule has 0 bridgehead atoms. The summed E-state index contributed by atoms with van der Waals surface area (Å²) in [4.78, 5) is 25.6. The van der Waals surface area contributed by atoms with Gasteiger partial charge in [0.1, 0.15) is 16.3 Å². The van der Waals surface area contributed by atoms with E-state index in [0.717, 1.165) is 4.90 Å². The number of hydrogen-bond acceptors (Lipinski definition) is 6. The SMILES string of the molecule is N#CNc1ccc(SC2C(=O)N3C(C(=O)O)=CCS[C@@H]23)cc1.